The first-order valence-corrected chi connectivity index (χ1v) is 6.06. The predicted molar refractivity (Wildman–Crippen MR) is 63.5 cm³/mol. The van der Waals surface area contributed by atoms with Crippen LogP contribution in [-0.2, 0) is 0 Å². The van der Waals surface area contributed by atoms with Crippen LogP contribution in [-0.4, -0.2) is 28.2 Å². The van der Waals surface area contributed by atoms with Gasteiger partial charge in [0.05, 0.1) is 12.8 Å². The number of aromatic nitrogens is 2. The third-order valence-corrected chi connectivity index (χ3v) is 3.53. The molecule has 2 rings (SSSR count). The number of halogens is 2. The largest absolute Gasteiger partial charge is 0.396 e. The second kappa shape index (κ2) is 5.14. The Kier molecular flexibility index (Phi) is 3.79. The van der Waals surface area contributed by atoms with Crippen molar-refractivity contribution in [3.05, 3.63) is 17.3 Å². The topological polar surface area (TPSA) is 58.0 Å². The molecule has 1 aromatic rings. The Morgan fingerprint density at radius 2 is 2.18 bits per heavy atom. The number of rotatable bonds is 4. The van der Waals surface area contributed by atoms with Gasteiger partial charge in [-0.3, -0.25) is 0 Å². The average Bonchev–Trinajstić information content (AvgIpc) is 2.80. The van der Waals surface area contributed by atoms with Crippen LogP contribution in [0.15, 0.2) is 6.20 Å². The molecule has 0 spiro atoms. The van der Waals surface area contributed by atoms with E-state index in [2.05, 4.69) is 15.3 Å². The number of aliphatic hydroxyl groups is 1. The minimum absolute atomic E-state index is 0.0124. The molecule has 0 radical (unpaired) electrons. The number of aliphatic hydroxyl groups excluding tert-OH is 1. The lowest BCUT2D eigenvalue weighted by molar-refractivity contribution is 0.142. The number of nitrogens with zero attached hydrogens (tertiary/aromatic N) is 2. The summed E-state index contributed by atoms with van der Waals surface area (Å²) in [5.74, 6) is -0.426. The summed E-state index contributed by atoms with van der Waals surface area (Å²) in [6, 6.07) is 0. The molecule has 94 valence electrons. The maximum Gasteiger partial charge on any atom is 0.224 e. The summed E-state index contributed by atoms with van der Waals surface area (Å²) in [6.45, 7) is 0.619. The molecule has 0 amide bonds. The van der Waals surface area contributed by atoms with Gasteiger partial charge in [-0.15, -0.1) is 0 Å². The summed E-state index contributed by atoms with van der Waals surface area (Å²) in [4.78, 5) is 7.33. The lowest BCUT2D eigenvalue weighted by Gasteiger charge is -2.26. The van der Waals surface area contributed by atoms with E-state index in [1.165, 1.54) is 0 Å². The summed E-state index contributed by atoms with van der Waals surface area (Å²) in [6.07, 6.45) is 5.16. The first-order valence-electron chi connectivity index (χ1n) is 5.68. The van der Waals surface area contributed by atoms with E-state index in [1.807, 2.05) is 0 Å². The summed E-state index contributed by atoms with van der Waals surface area (Å²) >= 11 is 5.60. The van der Waals surface area contributed by atoms with E-state index in [4.69, 9.17) is 11.6 Å². The zero-order chi connectivity index (χ0) is 12.3. The molecule has 0 bridgehead atoms. The molecule has 0 atom stereocenters. The molecule has 0 unspecified atom stereocenters. The first-order chi connectivity index (χ1) is 8.15. The molecule has 1 aromatic heterocycles. The van der Waals surface area contributed by atoms with Gasteiger partial charge >= 0.3 is 0 Å². The minimum atomic E-state index is -0.527. The molecule has 1 fully saturated rings. The standard InChI is InChI=1S/C11H15ClFN3O/c12-10-14-5-8(13)9(16-10)15-6-11(7-17)3-1-2-4-11/h5,17H,1-4,6-7H2,(H,14,15,16). The molecule has 1 aliphatic carbocycles. The van der Waals surface area contributed by atoms with Crippen molar-refractivity contribution in [3.63, 3.8) is 0 Å². The van der Waals surface area contributed by atoms with Crippen LogP contribution in [0.5, 0.6) is 0 Å². The van der Waals surface area contributed by atoms with Crippen molar-refractivity contribution < 1.29 is 9.50 Å². The number of hydrogen-bond donors (Lipinski definition) is 2. The monoisotopic (exact) mass is 259 g/mol. The molecule has 1 heterocycles. The van der Waals surface area contributed by atoms with Crippen LogP contribution in [0.25, 0.3) is 0 Å². The van der Waals surface area contributed by atoms with Crippen molar-refractivity contribution in [2.24, 2.45) is 5.41 Å². The molecular weight excluding hydrogens is 245 g/mol. The van der Waals surface area contributed by atoms with Gasteiger partial charge in [-0.05, 0) is 24.4 Å². The van der Waals surface area contributed by atoms with Gasteiger partial charge in [-0.1, -0.05) is 12.8 Å². The van der Waals surface area contributed by atoms with Crippen LogP contribution in [0.2, 0.25) is 5.28 Å². The normalized spacial score (nSPS) is 18.3. The van der Waals surface area contributed by atoms with Crippen LogP contribution in [0.3, 0.4) is 0 Å². The zero-order valence-corrected chi connectivity index (χ0v) is 10.2. The smallest absolute Gasteiger partial charge is 0.224 e. The van der Waals surface area contributed by atoms with Gasteiger partial charge < -0.3 is 10.4 Å². The van der Waals surface area contributed by atoms with E-state index < -0.39 is 5.82 Å². The van der Waals surface area contributed by atoms with E-state index in [-0.39, 0.29) is 23.1 Å². The maximum absolute atomic E-state index is 13.4. The van der Waals surface area contributed by atoms with Crippen molar-refractivity contribution in [2.75, 3.05) is 18.5 Å². The molecule has 1 aliphatic rings. The Morgan fingerprint density at radius 3 is 2.82 bits per heavy atom. The zero-order valence-electron chi connectivity index (χ0n) is 9.42. The summed E-state index contributed by atoms with van der Waals surface area (Å²) in [5, 5.41) is 12.4. The van der Waals surface area contributed by atoms with E-state index in [0.29, 0.717) is 6.54 Å². The highest BCUT2D eigenvalue weighted by Crippen LogP contribution is 2.37. The number of anilines is 1. The van der Waals surface area contributed by atoms with Gasteiger partial charge in [0.25, 0.3) is 0 Å². The average molecular weight is 260 g/mol. The van der Waals surface area contributed by atoms with E-state index >= 15 is 0 Å². The third-order valence-electron chi connectivity index (χ3n) is 3.35. The first kappa shape index (κ1) is 12.5. The highest BCUT2D eigenvalue weighted by atomic mass is 35.5. The van der Waals surface area contributed by atoms with Crippen molar-refractivity contribution in [1.82, 2.24) is 9.97 Å². The van der Waals surface area contributed by atoms with E-state index in [0.717, 1.165) is 31.9 Å². The lowest BCUT2D eigenvalue weighted by atomic mass is 9.87. The molecule has 0 aromatic carbocycles. The maximum atomic E-state index is 13.4. The number of hydrogen-bond acceptors (Lipinski definition) is 4. The Labute approximate surface area is 104 Å². The van der Waals surface area contributed by atoms with Crippen molar-refractivity contribution in [3.8, 4) is 0 Å². The Hall–Kier alpha value is -0.940. The van der Waals surface area contributed by atoms with E-state index in [9.17, 15) is 9.50 Å². The van der Waals surface area contributed by atoms with Gasteiger partial charge in [-0.2, -0.15) is 4.98 Å². The quantitative estimate of drug-likeness (QED) is 0.814. The summed E-state index contributed by atoms with van der Waals surface area (Å²) in [5.41, 5.74) is -0.149. The molecule has 0 aliphatic heterocycles. The molecule has 0 saturated heterocycles. The van der Waals surface area contributed by atoms with Crippen molar-refractivity contribution in [1.29, 1.82) is 0 Å². The lowest BCUT2D eigenvalue weighted by Crippen LogP contribution is -2.31. The van der Waals surface area contributed by atoms with Crippen molar-refractivity contribution in [2.45, 2.75) is 25.7 Å². The third kappa shape index (κ3) is 2.84. The van der Waals surface area contributed by atoms with Crippen molar-refractivity contribution >= 4 is 17.4 Å². The van der Waals surface area contributed by atoms with Crippen LogP contribution in [0.4, 0.5) is 10.2 Å². The van der Waals surface area contributed by atoms with Gasteiger partial charge in [0.2, 0.25) is 5.28 Å². The van der Waals surface area contributed by atoms with Gasteiger partial charge in [0.15, 0.2) is 11.6 Å². The van der Waals surface area contributed by atoms with E-state index in [1.54, 1.807) is 0 Å². The second-order valence-corrected chi connectivity index (χ2v) is 4.89. The molecule has 6 heteroatoms. The van der Waals surface area contributed by atoms with Crippen LogP contribution < -0.4 is 5.32 Å². The molecule has 2 N–H and O–H groups in total. The van der Waals surface area contributed by atoms with Gasteiger partial charge in [0.1, 0.15) is 0 Å². The molecule has 1 saturated carbocycles. The summed E-state index contributed by atoms with van der Waals surface area (Å²) in [7, 11) is 0. The second-order valence-electron chi connectivity index (χ2n) is 4.55. The fourth-order valence-corrected chi connectivity index (χ4v) is 2.39. The Morgan fingerprint density at radius 1 is 1.47 bits per heavy atom. The predicted octanol–water partition coefficient (Wildman–Crippen LogP) is 2.23. The van der Waals surface area contributed by atoms with Gasteiger partial charge in [0, 0.05) is 12.0 Å². The SMILES string of the molecule is OCC1(CNc2nc(Cl)ncc2F)CCCC1. The highest BCUT2D eigenvalue weighted by Gasteiger charge is 2.33. The van der Waals surface area contributed by atoms with Crippen LogP contribution in [0, 0.1) is 11.2 Å². The van der Waals surface area contributed by atoms with Crippen LogP contribution >= 0.6 is 11.6 Å². The fraction of sp³-hybridized carbons (Fsp3) is 0.636. The molecule has 4 nitrogen and oxygen atoms in total. The Balaban J connectivity index is 2.03. The van der Waals surface area contributed by atoms with Crippen LogP contribution in [0.1, 0.15) is 25.7 Å². The highest BCUT2D eigenvalue weighted by molar-refractivity contribution is 6.28. The molecular formula is C11H15ClFN3O. The Bertz CT molecular complexity index is 396. The fourth-order valence-electron chi connectivity index (χ4n) is 2.26. The summed E-state index contributed by atoms with van der Waals surface area (Å²) < 4.78 is 13.4. The molecule has 17 heavy (non-hydrogen) atoms. The minimum Gasteiger partial charge on any atom is -0.396 e. The van der Waals surface area contributed by atoms with Gasteiger partial charge in [-0.25, -0.2) is 9.37 Å². The number of nitrogens with one attached hydrogen (secondary N) is 1.